The molecule has 0 unspecified atom stereocenters. The monoisotopic (exact) mass is 426 g/mol. The highest BCUT2D eigenvalue weighted by Gasteiger charge is 2.16. The largest absolute Gasteiger partial charge is 0.493 e. The van der Waals surface area contributed by atoms with Crippen molar-refractivity contribution < 1.29 is 23.8 Å². The molecule has 0 saturated heterocycles. The predicted molar refractivity (Wildman–Crippen MR) is 106 cm³/mol. The van der Waals surface area contributed by atoms with Crippen LogP contribution >= 0.6 is 23.2 Å². The number of carbonyl (C=O) groups excluding carboxylic acids is 2. The molecule has 0 saturated carbocycles. The molecule has 7 nitrogen and oxygen atoms in total. The van der Waals surface area contributed by atoms with Crippen LogP contribution in [0.1, 0.15) is 22.3 Å². The number of benzene rings is 2. The smallest absolute Gasteiger partial charge is 0.272 e. The molecule has 0 fully saturated rings. The maximum atomic E-state index is 12.2. The van der Waals surface area contributed by atoms with E-state index in [1.165, 1.54) is 33.5 Å². The van der Waals surface area contributed by atoms with Gasteiger partial charge in [0.05, 0.1) is 36.9 Å². The van der Waals surface area contributed by atoms with Crippen LogP contribution in [0.5, 0.6) is 17.2 Å². The molecule has 2 rings (SSSR count). The predicted octanol–water partition coefficient (Wildman–Crippen LogP) is 3.41. The summed E-state index contributed by atoms with van der Waals surface area (Å²) in [6.07, 6.45) is 0.514. The van der Waals surface area contributed by atoms with Crippen molar-refractivity contribution in [3.05, 3.63) is 51.5 Å². The van der Waals surface area contributed by atoms with Crippen molar-refractivity contribution in [3.8, 4) is 17.2 Å². The number of amides is 2. The molecule has 9 heteroatoms. The Bertz CT molecular complexity index is 828. The second kappa shape index (κ2) is 10.1. The molecule has 2 N–H and O–H groups in total. The number of methoxy groups -OCH3 is 3. The van der Waals surface area contributed by atoms with Gasteiger partial charge in [0.1, 0.15) is 0 Å². The highest BCUT2D eigenvalue weighted by Crippen LogP contribution is 2.38. The topological polar surface area (TPSA) is 85.9 Å². The second-order valence-electron chi connectivity index (χ2n) is 5.63. The van der Waals surface area contributed by atoms with E-state index in [0.717, 1.165) is 5.56 Å². The molecule has 150 valence electrons. The van der Waals surface area contributed by atoms with Crippen LogP contribution in [0.2, 0.25) is 10.0 Å². The molecule has 0 aliphatic rings. The first kappa shape index (κ1) is 21.7. The van der Waals surface area contributed by atoms with Crippen molar-refractivity contribution in [1.82, 2.24) is 10.9 Å². The van der Waals surface area contributed by atoms with Gasteiger partial charge in [-0.3, -0.25) is 20.4 Å². The molecule has 2 aromatic carbocycles. The summed E-state index contributed by atoms with van der Waals surface area (Å²) in [7, 11) is 4.55. The molecule has 2 amide bonds. The van der Waals surface area contributed by atoms with Crippen LogP contribution in [-0.4, -0.2) is 33.1 Å². The molecule has 0 aliphatic carbocycles. The third-order valence-electron chi connectivity index (χ3n) is 3.87. The highest BCUT2D eigenvalue weighted by molar-refractivity contribution is 6.39. The van der Waals surface area contributed by atoms with Gasteiger partial charge < -0.3 is 14.2 Å². The minimum Gasteiger partial charge on any atom is -0.493 e. The number of aryl methyl sites for hydroxylation is 1. The van der Waals surface area contributed by atoms with Gasteiger partial charge >= 0.3 is 0 Å². The maximum absolute atomic E-state index is 12.2. The summed E-state index contributed by atoms with van der Waals surface area (Å²) in [6, 6.07) is 8.22. The van der Waals surface area contributed by atoms with E-state index in [1.807, 2.05) is 0 Å². The maximum Gasteiger partial charge on any atom is 0.272 e. The van der Waals surface area contributed by atoms with E-state index >= 15 is 0 Å². The SMILES string of the molecule is COc1cc(CCC(=O)NNC(=O)c2c(Cl)cccc2Cl)cc(OC)c1OC. The molecular weight excluding hydrogens is 407 g/mol. The molecular formula is C19H20Cl2N2O5. The first-order chi connectivity index (χ1) is 13.4. The number of nitrogens with one attached hydrogen (secondary N) is 2. The van der Waals surface area contributed by atoms with Gasteiger partial charge in [0.15, 0.2) is 11.5 Å². The Labute approximate surface area is 172 Å². The summed E-state index contributed by atoms with van der Waals surface area (Å²) < 4.78 is 15.8. The Balaban J connectivity index is 1.96. The van der Waals surface area contributed by atoms with E-state index in [1.54, 1.807) is 18.2 Å². The lowest BCUT2D eigenvalue weighted by Gasteiger charge is -2.14. The molecule has 2 aromatic rings. The van der Waals surface area contributed by atoms with Crippen molar-refractivity contribution in [2.45, 2.75) is 12.8 Å². The van der Waals surface area contributed by atoms with Gasteiger partial charge in [-0.15, -0.1) is 0 Å². The van der Waals surface area contributed by atoms with Gasteiger partial charge in [-0.05, 0) is 36.2 Å². The van der Waals surface area contributed by atoms with Crippen LogP contribution in [0.4, 0.5) is 0 Å². The minimum absolute atomic E-state index is 0.0933. The normalized spacial score (nSPS) is 10.2. The lowest BCUT2D eigenvalue weighted by Crippen LogP contribution is -2.41. The fourth-order valence-corrected chi connectivity index (χ4v) is 3.07. The molecule has 0 aliphatic heterocycles. The zero-order chi connectivity index (χ0) is 20.7. The molecule has 28 heavy (non-hydrogen) atoms. The van der Waals surface area contributed by atoms with Crippen LogP contribution in [0.15, 0.2) is 30.3 Å². The quantitative estimate of drug-likeness (QED) is 0.662. The van der Waals surface area contributed by atoms with E-state index in [4.69, 9.17) is 37.4 Å². The van der Waals surface area contributed by atoms with Crippen LogP contribution in [-0.2, 0) is 11.2 Å². The van der Waals surface area contributed by atoms with E-state index in [-0.39, 0.29) is 27.9 Å². The Hall–Kier alpha value is -2.64. The average molecular weight is 427 g/mol. The lowest BCUT2D eigenvalue weighted by molar-refractivity contribution is -0.121. The van der Waals surface area contributed by atoms with Gasteiger partial charge in [0, 0.05) is 6.42 Å². The molecule has 0 radical (unpaired) electrons. The molecule has 0 aromatic heterocycles. The van der Waals surface area contributed by atoms with Crippen molar-refractivity contribution in [2.75, 3.05) is 21.3 Å². The number of hydrazine groups is 1. The summed E-state index contributed by atoms with van der Waals surface area (Å²) in [4.78, 5) is 24.2. The third kappa shape index (κ3) is 5.21. The lowest BCUT2D eigenvalue weighted by atomic mass is 10.1. The fraction of sp³-hybridized carbons (Fsp3) is 0.263. The van der Waals surface area contributed by atoms with E-state index in [9.17, 15) is 9.59 Å². The van der Waals surface area contributed by atoms with Gasteiger partial charge in [-0.25, -0.2) is 0 Å². The van der Waals surface area contributed by atoms with Crippen LogP contribution in [0, 0.1) is 0 Å². The number of carbonyl (C=O) groups is 2. The summed E-state index contributed by atoms with van der Waals surface area (Å²) in [6.45, 7) is 0. The second-order valence-corrected chi connectivity index (χ2v) is 6.45. The number of halogens is 2. The number of hydrogen-bond donors (Lipinski definition) is 2. The summed E-state index contributed by atoms with van der Waals surface area (Å²) in [5, 5.41) is 0.383. The van der Waals surface area contributed by atoms with Crippen LogP contribution < -0.4 is 25.1 Å². The minimum atomic E-state index is -0.600. The van der Waals surface area contributed by atoms with E-state index in [2.05, 4.69) is 10.9 Å². The first-order valence-electron chi connectivity index (χ1n) is 8.23. The molecule has 0 atom stereocenters. The van der Waals surface area contributed by atoms with Gasteiger partial charge in [0.25, 0.3) is 5.91 Å². The van der Waals surface area contributed by atoms with Crippen LogP contribution in [0.25, 0.3) is 0 Å². The highest BCUT2D eigenvalue weighted by atomic mass is 35.5. The van der Waals surface area contributed by atoms with Gasteiger partial charge in [-0.2, -0.15) is 0 Å². The third-order valence-corrected chi connectivity index (χ3v) is 4.50. The zero-order valence-electron chi connectivity index (χ0n) is 15.6. The summed E-state index contributed by atoms with van der Waals surface area (Å²) in [5.74, 6) is 0.488. The Kier molecular flexibility index (Phi) is 7.78. The van der Waals surface area contributed by atoms with Crippen LogP contribution in [0.3, 0.4) is 0 Å². The van der Waals surface area contributed by atoms with E-state index < -0.39 is 5.91 Å². The zero-order valence-corrected chi connectivity index (χ0v) is 17.1. The number of ether oxygens (including phenoxy) is 3. The first-order valence-corrected chi connectivity index (χ1v) is 8.99. The Morgan fingerprint density at radius 1 is 0.929 bits per heavy atom. The van der Waals surface area contributed by atoms with Crippen molar-refractivity contribution in [3.63, 3.8) is 0 Å². The van der Waals surface area contributed by atoms with Gasteiger partial charge in [-0.1, -0.05) is 29.3 Å². The Morgan fingerprint density at radius 3 is 2.00 bits per heavy atom. The average Bonchev–Trinajstić information content (AvgIpc) is 2.69. The van der Waals surface area contributed by atoms with Gasteiger partial charge in [0.2, 0.25) is 11.7 Å². The van der Waals surface area contributed by atoms with Crippen molar-refractivity contribution >= 4 is 35.0 Å². The van der Waals surface area contributed by atoms with Crippen molar-refractivity contribution in [1.29, 1.82) is 0 Å². The summed E-state index contributed by atoms with van der Waals surface area (Å²) >= 11 is 11.9. The molecule has 0 heterocycles. The van der Waals surface area contributed by atoms with Crippen molar-refractivity contribution in [2.24, 2.45) is 0 Å². The fourth-order valence-electron chi connectivity index (χ4n) is 2.50. The number of rotatable bonds is 7. The molecule has 0 bridgehead atoms. The Morgan fingerprint density at radius 2 is 1.50 bits per heavy atom. The van der Waals surface area contributed by atoms with E-state index in [0.29, 0.717) is 23.7 Å². The standard InChI is InChI=1S/C19H20Cl2N2O5/c1-26-14-9-11(10-15(27-2)18(14)28-3)7-8-16(24)22-23-19(25)17-12(20)5-4-6-13(17)21/h4-6,9-10H,7-8H2,1-3H3,(H,22,24)(H,23,25). The molecule has 0 spiro atoms. The summed E-state index contributed by atoms with van der Waals surface area (Å²) in [5.41, 5.74) is 5.55. The number of hydrogen-bond acceptors (Lipinski definition) is 5.